The monoisotopic (exact) mass is 311 g/mol. The van der Waals surface area contributed by atoms with Gasteiger partial charge in [0.15, 0.2) is 0 Å². The summed E-state index contributed by atoms with van der Waals surface area (Å²) in [6.45, 7) is 3.52. The average molecular weight is 312 g/mol. The molecule has 20 heavy (non-hydrogen) atoms. The Morgan fingerprint density at radius 3 is 2.60 bits per heavy atom. The maximum Gasteiger partial charge on any atom is 0.262 e. The predicted octanol–water partition coefficient (Wildman–Crippen LogP) is 2.73. The predicted molar refractivity (Wildman–Crippen MR) is 80.4 cm³/mol. The van der Waals surface area contributed by atoms with Gasteiger partial charge in [-0.25, -0.2) is 8.42 Å². The summed E-state index contributed by atoms with van der Waals surface area (Å²) < 4.78 is 27.1. The zero-order valence-electron chi connectivity index (χ0n) is 11.0. The average Bonchev–Trinajstić information content (AvgIpc) is 2.38. The number of hydrogen-bond donors (Lipinski definition) is 2. The third kappa shape index (κ3) is 2.86. The number of halogens is 1. The molecule has 5 nitrogen and oxygen atoms in total. The van der Waals surface area contributed by atoms with E-state index in [9.17, 15) is 8.42 Å². The summed E-state index contributed by atoms with van der Waals surface area (Å²) in [4.78, 5) is 3.92. The fourth-order valence-corrected chi connectivity index (χ4v) is 3.07. The number of rotatable bonds is 3. The Hall–Kier alpha value is -1.79. The molecule has 1 aromatic heterocycles. The van der Waals surface area contributed by atoms with Gasteiger partial charge in [-0.1, -0.05) is 11.6 Å². The fourth-order valence-electron chi connectivity index (χ4n) is 1.60. The Bertz CT molecular complexity index is 737. The van der Waals surface area contributed by atoms with Crippen LogP contribution in [-0.2, 0) is 10.0 Å². The minimum atomic E-state index is -3.75. The highest BCUT2D eigenvalue weighted by molar-refractivity contribution is 7.92. The van der Waals surface area contributed by atoms with Crippen LogP contribution in [0.3, 0.4) is 0 Å². The van der Waals surface area contributed by atoms with E-state index in [0.29, 0.717) is 22.0 Å². The maximum atomic E-state index is 12.3. The number of pyridine rings is 1. The number of nitrogen functional groups attached to an aromatic ring is 1. The van der Waals surface area contributed by atoms with Crippen LogP contribution in [-0.4, -0.2) is 13.4 Å². The summed E-state index contributed by atoms with van der Waals surface area (Å²) in [5.74, 6) is 0. The third-order valence-electron chi connectivity index (χ3n) is 2.95. The van der Waals surface area contributed by atoms with Crippen molar-refractivity contribution in [2.24, 2.45) is 0 Å². The molecule has 0 saturated carbocycles. The Balaban J connectivity index is 2.44. The van der Waals surface area contributed by atoms with Gasteiger partial charge in [-0.05, 0) is 43.2 Å². The molecule has 0 unspecified atom stereocenters. The molecule has 0 spiro atoms. The highest BCUT2D eigenvalue weighted by Crippen LogP contribution is 2.27. The van der Waals surface area contributed by atoms with Gasteiger partial charge in [0, 0.05) is 16.9 Å². The number of anilines is 2. The quantitative estimate of drug-likeness (QED) is 0.853. The summed E-state index contributed by atoms with van der Waals surface area (Å²) in [5.41, 5.74) is 7.93. The zero-order chi connectivity index (χ0) is 14.9. The van der Waals surface area contributed by atoms with Crippen molar-refractivity contribution < 1.29 is 8.42 Å². The zero-order valence-corrected chi connectivity index (χ0v) is 12.6. The van der Waals surface area contributed by atoms with Crippen molar-refractivity contribution in [3.8, 4) is 0 Å². The molecule has 3 N–H and O–H groups in total. The van der Waals surface area contributed by atoms with E-state index in [2.05, 4.69) is 9.71 Å². The van der Waals surface area contributed by atoms with Gasteiger partial charge in [-0.15, -0.1) is 0 Å². The second-order valence-electron chi connectivity index (χ2n) is 4.42. The summed E-state index contributed by atoms with van der Waals surface area (Å²) in [6.07, 6.45) is 3.04. The van der Waals surface area contributed by atoms with Gasteiger partial charge >= 0.3 is 0 Å². The van der Waals surface area contributed by atoms with Crippen molar-refractivity contribution in [1.29, 1.82) is 0 Å². The van der Waals surface area contributed by atoms with Crippen LogP contribution in [0.4, 0.5) is 11.4 Å². The summed E-state index contributed by atoms with van der Waals surface area (Å²) in [6, 6.07) is 4.48. The highest BCUT2D eigenvalue weighted by atomic mass is 35.5. The van der Waals surface area contributed by atoms with Gasteiger partial charge in [-0.3, -0.25) is 9.71 Å². The second-order valence-corrected chi connectivity index (χ2v) is 6.51. The molecule has 0 amide bonds. The molecule has 0 atom stereocenters. The molecule has 0 radical (unpaired) electrons. The molecule has 0 aliphatic heterocycles. The van der Waals surface area contributed by atoms with E-state index < -0.39 is 10.0 Å². The number of benzene rings is 1. The maximum absolute atomic E-state index is 12.3. The van der Waals surface area contributed by atoms with E-state index >= 15 is 0 Å². The van der Waals surface area contributed by atoms with Crippen LogP contribution in [0.2, 0.25) is 5.02 Å². The van der Waals surface area contributed by atoms with E-state index in [-0.39, 0.29) is 4.90 Å². The van der Waals surface area contributed by atoms with Crippen LogP contribution >= 0.6 is 11.6 Å². The lowest BCUT2D eigenvalue weighted by Crippen LogP contribution is -2.14. The Kier molecular flexibility index (Phi) is 3.87. The first-order chi connectivity index (χ1) is 9.31. The van der Waals surface area contributed by atoms with Crippen molar-refractivity contribution in [3.63, 3.8) is 0 Å². The summed E-state index contributed by atoms with van der Waals surface area (Å²) >= 11 is 5.97. The summed E-state index contributed by atoms with van der Waals surface area (Å²) in [5, 5.41) is 0.313. The van der Waals surface area contributed by atoms with Crippen molar-refractivity contribution in [3.05, 3.63) is 46.7 Å². The van der Waals surface area contributed by atoms with Crippen LogP contribution in [0.5, 0.6) is 0 Å². The fraction of sp³-hybridized carbons (Fsp3) is 0.154. The van der Waals surface area contributed by atoms with Crippen molar-refractivity contribution in [1.82, 2.24) is 4.98 Å². The first kappa shape index (κ1) is 14.6. The normalized spacial score (nSPS) is 11.3. The SMILES string of the molecule is Cc1ccncc1NS(=O)(=O)c1cc(N)c(C)c(Cl)c1. The van der Waals surface area contributed by atoms with Gasteiger partial charge < -0.3 is 5.73 Å². The van der Waals surface area contributed by atoms with Crippen molar-refractivity contribution >= 4 is 33.0 Å². The van der Waals surface area contributed by atoms with Crippen LogP contribution in [0.15, 0.2) is 35.5 Å². The van der Waals surface area contributed by atoms with Crippen LogP contribution in [0, 0.1) is 13.8 Å². The van der Waals surface area contributed by atoms with E-state index in [0.717, 1.165) is 5.56 Å². The highest BCUT2D eigenvalue weighted by Gasteiger charge is 2.17. The largest absolute Gasteiger partial charge is 0.398 e. The van der Waals surface area contributed by atoms with Crippen LogP contribution in [0.25, 0.3) is 0 Å². The molecule has 2 aromatic rings. The van der Waals surface area contributed by atoms with Gasteiger partial charge in [0.1, 0.15) is 0 Å². The van der Waals surface area contributed by atoms with Gasteiger partial charge in [-0.2, -0.15) is 0 Å². The van der Waals surface area contributed by atoms with E-state index in [4.69, 9.17) is 17.3 Å². The lowest BCUT2D eigenvalue weighted by Gasteiger charge is -2.12. The van der Waals surface area contributed by atoms with E-state index in [1.807, 2.05) is 0 Å². The molecule has 1 aromatic carbocycles. The molecular weight excluding hydrogens is 298 g/mol. The van der Waals surface area contributed by atoms with E-state index in [1.165, 1.54) is 18.3 Å². The molecule has 1 heterocycles. The number of aryl methyl sites for hydroxylation is 1. The lowest BCUT2D eigenvalue weighted by molar-refractivity contribution is 0.601. The first-order valence-electron chi connectivity index (χ1n) is 5.80. The number of nitrogens with two attached hydrogens (primary N) is 1. The molecule has 0 fully saturated rings. The molecule has 0 saturated heterocycles. The smallest absolute Gasteiger partial charge is 0.262 e. The molecule has 7 heteroatoms. The number of sulfonamides is 1. The number of nitrogens with zero attached hydrogens (tertiary/aromatic N) is 1. The third-order valence-corrected chi connectivity index (χ3v) is 4.69. The standard InChI is InChI=1S/C13H14ClN3O2S/c1-8-3-4-16-7-13(8)17-20(18,19)10-5-11(14)9(2)12(15)6-10/h3-7,17H,15H2,1-2H3. The molecule has 106 valence electrons. The molecule has 0 aliphatic rings. The van der Waals surface area contributed by atoms with Crippen LogP contribution in [0.1, 0.15) is 11.1 Å². The lowest BCUT2D eigenvalue weighted by atomic mass is 10.2. The van der Waals surface area contributed by atoms with Gasteiger partial charge in [0.25, 0.3) is 10.0 Å². The number of nitrogens with one attached hydrogen (secondary N) is 1. The summed E-state index contributed by atoms with van der Waals surface area (Å²) in [7, 11) is -3.75. The number of hydrogen-bond acceptors (Lipinski definition) is 4. The topological polar surface area (TPSA) is 85.1 Å². The van der Waals surface area contributed by atoms with Gasteiger partial charge in [0.2, 0.25) is 0 Å². The minimum absolute atomic E-state index is 0.0221. The first-order valence-corrected chi connectivity index (χ1v) is 7.66. The van der Waals surface area contributed by atoms with Crippen molar-refractivity contribution in [2.75, 3.05) is 10.5 Å². The Morgan fingerprint density at radius 2 is 2.00 bits per heavy atom. The van der Waals surface area contributed by atoms with Crippen LogP contribution < -0.4 is 10.5 Å². The van der Waals surface area contributed by atoms with Crippen molar-refractivity contribution in [2.45, 2.75) is 18.7 Å². The van der Waals surface area contributed by atoms with Gasteiger partial charge in [0.05, 0.1) is 16.8 Å². The molecule has 0 bridgehead atoms. The minimum Gasteiger partial charge on any atom is -0.398 e. The Labute approximate surface area is 122 Å². The molecule has 2 rings (SSSR count). The number of aromatic nitrogens is 1. The van der Waals surface area contributed by atoms with E-state index in [1.54, 1.807) is 26.1 Å². The Morgan fingerprint density at radius 1 is 1.30 bits per heavy atom. The second kappa shape index (κ2) is 5.30. The molecule has 0 aliphatic carbocycles. The molecular formula is C13H14ClN3O2S.